The molecule has 26 heavy (non-hydrogen) atoms. The van der Waals surface area contributed by atoms with Crippen LogP contribution in [0.1, 0.15) is 9.80 Å². The molecule has 1 amide bonds. The Balaban J connectivity index is 1.25. The monoisotopic (exact) mass is 361 g/mol. The molecule has 1 aliphatic rings. The van der Waals surface area contributed by atoms with Crippen LogP contribution in [0.2, 0.25) is 0 Å². The van der Waals surface area contributed by atoms with Crippen molar-refractivity contribution in [1.29, 1.82) is 0 Å². The largest absolute Gasteiger partial charge is 0.471 e. The van der Waals surface area contributed by atoms with Gasteiger partial charge in [0.1, 0.15) is 6.10 Å². The van der Waals surface area contributed by atoms with Gasteiger partial charge in [-0.05, 0) is 24.3 Å². The first-order valence-electron chi connectivity index (χ1n) is 8.43. The number of carbonyl (C=O) groups is 1. The van der Waals surface area contributed by atoms with E-state index < -0.39 is 0 Å². The Hall–Kier alpha value is -2.99. The van der Waals surface area contributed by atoms with Crippen LogP contribution in [0.25, 0.3) is 21.1 Å². The summed E-state index contributed by atoms with van der Waals surface area (Å²) < 4.78 is 6.94. The number of likely N-dealkylation sites (tertiary alicyclic amines) is 1. The first-order chi connectivity index (χ1) is 12.8. The van der Waals surface area contributed by atoms with Crippen LogP contribution in [0.5, 0.6) is 5.88 Å². The number of aromatic nitrogens is 2. The number of ether oxygens (including phenoxy) is 1. The maximum atomic E-state index is 12.6. The Morgan fingerprint density at radius 3 is 2.58 bits per heavy atom. The fourth-order valence-electron chi connectivity index (χ4n) is 3.06. The molecular weight excluding hydrogens is 346 g/mol. The van der Waals surface area contributed by atoms with E-state index in [9.17, 15) is 4.79 Å². The maximum Gasteiger partial charge on any atom is 0.283 e. The fourth-order valence-corrected chi connectivity index (χ4v) is 3.99. The van der Waals surface area contributed by atoms with E-state index in [2.05, 4.69) is 9.97 Å². The minimum absolute atomic E-state index is 0.0259. The average Bonchev–Trinajstić information content (AvgIpc) is 3.08. The number of nitrogens with zero attached hydrogens (tertiary/aromatic N) is 3. The zero-order valence-corrected chi connectivity index (χ0v) is 14.6. The van der Waals surface area contributed by atoms with E-state index in [4.69, 9.17) is 4.74 Å². The highest BCUT2D eigenvalue weighted by atomic mass is 32.1. The summed E-state index contributed by atoms with van der Waals surface area (Å²) in [6, 6.07) is 19.6. The lowest BCUT2D eigenvalue weighted by Gasteiger charge is -2.38. The van der Waals surface area contributed by atoms with Gasteiger partial charge in [0.2, 0.25) is 5.88 Å². The summed E-state index contributed by atoms with van der Waals surface area (Å²) in [7, 11) is 0. The molecule has 0 radical (unpaired) electrons. The zero-order chi connectivity index (χ0) is 17.5. The van der Waals surface area contributed by atoms with Gasteiger partial charge in [0.25, 0.3) is 5.91 Å². The molecule has 4 aromatic rings. The van der Waals surface area contributed by atoms with Crippen LogP contribution in [0, 0.1) is 0 Å². The lowest BCUT2D eigenvalue weighted by Crippen LogP contribution is -2.56. The molecule has 0 aliphatic carbocycles. The van der Waals surface area contributed by atoms with Crippen LogP contribution >= 0.6 is 11.3 Å². The van der Waals surface area contributed by atoms with Gasteiger partial charge in [-0.15, -0.1) is 11.3 Å². The molecule has 1 aliphatic heterocycles. The van der Waals surface area contributed by atoms with Crippen LogP contribution in [-0.4, -0.2) is 40.0 Å². The lowest BCUT2D eigenvalue weighted by atomic mass is 10.1. The minimum atomic E-state index is -0.0301. The number of pyridine rings is 1. The number of thiazole rings is 1. The third-order valence-electron chi connectivity index (χ3n) is 4.47. The number of fused-ring (bicyclic) bond motifs is 2. The molecule has 128 valence electrons. The van der Waals surface area contributed by atoms with Gasteiger partial charge in [-0.2, -0.15) is 0 Å². The second-order valence-electron chi connectivity index (χ2n) is 6.28. The van der Waals surface area contributed by atoms with Gasteiger partial charge in [-0.3, -0.25) is 4.79 Å². The smallest absolute Gasteiger partial charge is 0.283 e. The SMILES string of the molecule is O=C(c1nc2ccccc2s1)N1CC(Oc2ccc3ccccc3n2)C1. The summed E-state index contributed by atoms with van der Waals surface area (Å²) in [5, 5.41) is 1.62. The van der Waals surface area contributed by atoms with Crippen molar-refractivity contribution in [2.45, 2.75) is 6.10 Å². The normalized spacial score (nSPS) is 14.5. The predicted octanol–water partition coefficient (Wildman–Crippen LogP) is 3.75. The average molecular weight is 361 g/mol. The molecule has 2 aromatic carbocycles. The molecule has 1 fully saturated rings. The number of rotatable bonds is 3. The fraction of sp³-hybridized carbons (Fsp3) is 0.150. The van der Waals surface area contributed by atoms with E-state index in [-0.39, 0.29) is 12.0 Å². The van der Waals surface area contributed by atoms with Crippen molar-refractivity contribution in [3.05, 3.63) is 65.7 Å². The third-order valence-corrected chi connectivity index (χ3v) is 5.50. The summed E-state index contributed by atoms with van der Waals surface area (Å²) in [6.45, 7) is 1.12. The quantitative estimate of drug-likeness (QED) is 0.558. The van der Waals surface area contributed by atoms with Gasteiger partial charge in [0.15, 0.2) is 5.01 Å². The molecule has 0 bridgehead atoms. The Morgan fingerprint density at radius 2 is 1.73 bits per heavy atom. The molecule has 3 heterocycles. The van der Waals surface area contributed by atoms with Crippen molar-refractivity contribution >= 4 is 38.4 Å². The second kappa shape index (κ2) is 6.07. The first-order valence-corrected chi connectivity index (χ1v) is 9.25. The van der Waals surface area contributed by atoms with E-state index >= 15 is 0 Å². The van der Waals surface area contributed by atoms with Gasteiger partial charge >= 0.3 is 0 Å². The van der Waals surface area contributed by atoms with Crippen molar-refractivity contribution in [3.63, 3.8) is 0 Å². The molecule has 0 unspecified atom stereocenters. The van der Waals surface area contributed by atoms with Crippen LogP contribution in [0.3, 0.4) is 0 Å². The van der Waals surface area contributed by atoms with Crippen LogP contribution < -0.4 is 4.74 Å². The first kappa shape index (κ1) is 15.3. The molecule has 6 heteroatoms. The summed E-state index contributed by atoms with van der Waals surface area (Å²) in [4.78, 5) is 23.3. The number of amides is 1. The number of hydrogen-bond acceptors (Lipinski definition) is 5. The van der Waals surface area contributed by atoms with Crippen molar-refractivity contribution in [2.75, 3.05) is 13.1 Å². The minimum Gasteiger partial charge on any atom is -0.471 e. The summed E-state index contributed by atoms with van der Waals surface area (Å²) in [5.74, 6) is 0.568. The van der Waals surface area contributed by atoms with Gasteiger partial charge in [-0.25, -0.2) is 9.97 Å². The molecule has 5 rings (SSSR count). The molecular formula is C20H15N3O2S. The Bertz CT molecular complexity index is 1090. The highest BCUT2D eigenvalue weighted by Crippen LogP contribution is 2.25. The Kier molecular flexibility index (Phi) is 3.57. The summed E-state index contributed by atoms with van der Waals surface area (Å²) in [6.07, 6.45) is -0.0259. The zero-order valence-electron chi connectivity index (χ0n) is 13.8. The van der Waals surface area contributed by atoms with E-state index in [1.807, 2.05) is 60.7 Å². The molecule has 2 aromatic heterocycles. The number of hydrogen-bond donors (Lipinski definition) is 0. The summed E-state index contributed by atoms with van der Waals surface area (Å²) in [5.41, 5.74) is 1.78. The third kappa shape index (κ3) is 2.68. The van der Waals surface area contributed by atoms with Crippen LogP contribution in [0.15, 0.2) is 60.7 Å². The molecule has 0 N–H and O–H groups in total. The molecule has 0 spiro atoms. The van der Waals surface area contributed by atoms with Crippen molar-refractivity contribution in [3.8, 4) is 5.88 Å². The van der Waals surface area contributed by atoms with Gasteiger partial charge < -0.3 is 9.64 Å². The molecule has 0 atom stereocenters. The van der Waals surface area contributed by atoms with E-state index in [0.717, 1.165) is 21.1 Å². The van der Waals surface area contributed by atoms with Gasteiger partial charge in [0, 0.05) is 11.5 Å². The maximum absolute atomic E-state index is 12.6. The highest BCUT2D eigenvalue weighted by Gasteiger charge is 2.34. The number of para-hydroxylation sites is 2. The summed E-state index contributed by atoms with van der Waals surface area (Å²) >= 11 is 1.43. The van der Waals surface area contributed by atoms with Crippen molar-refractivity contribution < 1.29 is 9.53 Å². The lowest BCUT2D eigenvalue weighted by molar-refractivity contribution is 0.0161. The predicted molar refractivity (Wildman–Crippen MR) is 102 cm³/mol. The van der Waals surface area contributed by atoms with E-state index in [0.29, 0.717) is 24.0 Å². The Labute approximate surface area is 153 Å². The standard InChI is InChI=1S/C20H15N3O2S/c24-20(19-22-16-7-3-4-8-17(16)26-19)23-11-14(12-23)25-18-10-9-13-5-1-2-6-15(13)21-18/h1-10,14H,11-12H2. The molecule has 5 nitrogen and oxygen atoms in total. The number of benzene rings is 2. The topological polar surface area (TPSA) is 55.3 Å². The van der Waals surface area contributed by atoms with Gasteiger partial charge in [-0.1, -0.05) is 30.3 Å². The molecule has 0 saturated carbocycles. The van der Waals surface area contributed by atoms with E-state index in [1.54, 1.807) is 4.90 Å². The highest BCUT2D eigenvalue weighted by molar-refractivity contribution is 7.20. The van der Waals surface area contributed by atoms with Crippen molar-refractivity contribution in [1.82, 2.24) is 14.9 Å². The Morgan fingerprint density at radius 1 is 0.962 bits per heavy atom. The molecule has 1 saturated heterocycles. The number of carbonyl (C=O) groups excluding carboxylic acids is 1. The van der Waals surface area contributed by atoms with Gasteiger partial charge in [0.05, 0.1) is 28.8 Å². The van der Waals surface area contributed by atoms with Crippen LogP contribution in [0.4, 0.5) is 0 Å². The van der Waals surface area contributed by atoms with Crippen molar-refractivity contribution in [2.24, 2.45) is 0 Å². The van der Waals surface area contributed by atoms with Crippen LogP contribution in [-0.2, 0) is 0 Å². The second-order valence-corrected chi connectivity index (χ2v) is 7.31. The van der Waals surface area contributed by atoms with E-state index in [1.165, 1.54) is 11.3 Å².